The molecular formula is C13H22O4Sn. The van der Waals surface area contributed by atoms with Gasteiger partial charge in [-0.05, 0) is 0 Å². The van der Waals surface area contributed by atoms with Gasteiger partial charge in [-0.1, -0.05) is 0 Å². The van der Waals surface area contributed by atoms with Crippen molar-refractivity contribution in [1.29, 1.82) is 0 Å². The summed E-state index contributed by atoms with van der Waals surface area (Å²) in [6.45, 7) is 9.77. The van der Waals surface area contributed by atoms with Crippen molar-refractivity contribution >= 4 is 30.7 Å². The van der Waals surface area contributed by atoms with Gasteiger partial charge in [0.1, 0.15) is 0 Å². The van der Waals surface area contributed by atoms with E-state index >= 15 is 0 Å². The Morgan fingerprint density at radius 1 is 1.06 bits per heavy atom. The van der Waals surface area contributed by atoms with Crippen molar-refractivity contribution in [1.82, 2.24) is 0 Å². The van der Waals surface area contributed by atoms with Crippen LogP contribution in [0.4, 0.5) is 0 Å². The monoisotopic (exact) mass is 362 g/mol. The number of hydrogen-bond donors (Lipinski definition) is 0. The molecule has 0 bridgehead atoms. The van der Waals surface area contributed by atoms with Crippen molar-refractivity contribution in [3.05, 3.63) is 24.8 Å². The SMILES string of the molecule is C=CCOC(=O)C=CC(=O)[O][Sn]([CH2]C)([CH2]C)[CH2]C. The molecule has 0 fully saturated rings. The number of rotatable bonds is 8. The van der Waals surface area contributed by atoms with Gasteiger partial charge >= 0.3 is 114 Å². The maximum absolute atomic E-state index is 11.6. The number of ether oxygens (including phenoxy) is 1. The normalized spacial score (nSPS) is 11.3. The average molecular weight is 361 g/mol. The number of carbonyl (C=O) groups is 2. The van der Waals surface area contributed by atoms with Crippen LogP contribution in [0.1, 0.15) is 20.8 Å². The van der Waals surface area contributed by atoms with Crippen LogP contribution in [0.2, 0.25) is 13.3 Å². The zero-order chi connectivity index (χ0) is 14.0. The molecule has 5 heteroatoms. The second-order valence-corrected chi connectivity index (χ2v) is 17.3. The standard InChI is InChI=1S/C7H8O4.3C2H5.Sn/c1-2-5-11-7(10)4-3-6(8)9;3*1-2;/h2-4H,1,5H2,(H,8,9);3*1H2,2H3;/q;;;;+1/p-1. The Labute approximate surface area is 113 Å². The van der Waals surface area contributed by atoms with Gasteiger partial charge in [-0.2, -0.15) is 0 Å². The molecule has 0 aliphatic heterocycles. The van der Waals surface area contributed by atoms with Crippen LogP contribution in [0.15, 0.2) is 24.8 Å². The number of esters is 1. The Balaban J connectivity index is 4.36. The van der Waals surface area contributed by atoms with E-state index in [2.05, 4.69) is 27.4 Å². The molecule has 0 radical (unpaired) electrons. The first-order valence-electron chi connectivity index (χ1n) is 6.22. The van der Waals surface area contributed by atoms with Crippen molar-refractivity contribution in [2.45, 2.75) is 34.1 Å². The summed E-state index contributed by atoms with van der Waals surface area (Å²) >= 11 is -2.72. The third-order valence-electron chi connectivity index (χ3n) is 2.95. The molecule has 0 saturated heterocycles. The molecule has 0 saturated carbocycles. The summed E-state index contributed by atoms with van der Waals surface area (Å²) in [5.41, 5.74) is 0. The molecule has 18 heavy (non-hydrogen) atoms. The van der Waals surface area contributed by atoms with Crippen molar-refractivity contribution in [2.24, 2.45) is 0 Å². The van der Waals surface area contributed by atoms with Gasteiger partial charge in [-0.25, -0.2) is 0 Å². The summed E-state index contributed by atoms with van der Waals surface area (Å²) in [5.74, 6) is -0.982. The van der Waals surface area contributed by atoms with E-state index in [1.807, 2.05) is 0 Å². The first kappa shape index (κ1) is 17.2. The first-order chi connectivity index (χ1) is 8.53. The molecule has 0 amide bonds. The van der Waals surface area contributed by atoms with Gasteiger partial charge in [0.2, 0.25) is 0 Å². The fourth-order valence-electron chi connectivity index (χ4n) is 1.54. The van der Waals surface area contributed by atoms with E-state index in [4.69, 9.17) is 7.81 Å². The van der Waals surface area contributed by atoms with Crippen molar-refractivity contribution < 1.29 is 17.4 Å². The minimum atomic E-state index is -2.72. The second kappa shape index (κ2) is 9.19. The molecule has 4 nitrogen and oxygen atoms in total. The van der Waals surface area contributed by atoms with Gasteiger partial charge in [0, 0.05) is 0 Å². The molecule has 0 unspecified atom stereocenters. The fourth-order valence-corrected chi connectivity index (χ4v) is 8.47. The molecule has 102 valence electrons. The zero-order valence-electron chi connectivity index (χ0n) is 11.4. The van der Waals surface area contributed by atoms with E-state index in [-0.39, 0.29) is 6.61 Å². The van der Waals surface area contributed by atoms with Crippen LogP contribution in [0.3, 0.4) is 0 Å². The van der Waals surface area contributed by atoms with Crippen molar-refractivity contribution in [2.75, 3.05) is 6.61 Å². The van der Waals surface area contributed by atoms with Crippen LogP contribution in [0.5, 0.6) is 0 Å². The maximum atomic E-state index is 11.6. The Hall–Kier alpha value is -0.781. The summed E-state index contributed by atoms with van der Waals surface area (Å²) < 4.78 is 13.2. The quantitative estimate of drug-likeness (QED) is 0.289. The van der Waals surface area contributed by atoms with Gasteiger partial charge < -0.3 is 0 Å². The molecule has 0 heterocycles. The third kappa shape index (κ3) is 6.23. The van der Waals surface area contributed by atoms with Crippen molar-refractivity contribution in [3.63, 3.8) is 0 Å². The van der Waals surface area contributed by atoms with E-state index in [0.717, 1.165) is 25.5 Å². The van der Waals surface area contributed by atoms with Crippen molar-refractivity contribution in [3.8, 4) is 0 Å². The van der Waals surface area contributed by atoms with Gasteiger partial charge in [0.15, 0.2) is 0 Å². The van der Waals surface area contributed by atoms with Crippen LogP contribution >= 0.6 is 0 Å². The molecule has 0 aromatic rings. The fraction of sp³-hybridized carbons (Fsp3) is 0.538. The predicted molar refractivity (Wildman–Crippen MR) is 73.6 cm³/mol. The molecule has 0 aromatic heterocycles. The number of carbonyl (C=O) groups excluding carboxylic acids is 2. The van der Waals surface area contributed by atoms with Gasteiger partial charge in [-0.3, -0.25) is 0 Å². The molecule has 0 atom stereocenters. The topological polar surface area (TPSA) is 52.6 Å². The average Bonchev–Trinajstić information content (AvgIpc) is 2.40. The molecular weight excluding hydrogens is 339 g/mol. The zero-order valence-corrected chi connectivity index (χ0v) is 14.3. The predicted octanol–water partition coefficient (Wildman–Crippen LogP) is 2.82. The Morgan fingerprint density at radius 2 is 1.56 bits per heavy atom. The Bertz CT molecular complexity index is 311. The minimum absolute atomic E-state index is 0.139. The van der Waals surface area contributed by atoms with Gasteiger partial charge in [0.05, 0.1) is 0 Å². The summed E-state index contributed by atoms with van der Waals surface area (Å²) in [7, 11) is 0. The third-order valence-corrected chi connectivity index (χ3v) is 15.8. The first-order valence-corrected chi connectivity index (χ1v) is 13.4. The summed E-state index contributed by atoms with van der Waals surface area (Å²) in [5, 5.41) is 0. The molecule has 0 aliphatic rings. The Kier molecular flexibility index (Phi) is 8.79. The van der Waals surface area contributed by atoms with Crippen LogP contribution < -0.4 is 0 Å². The molecule has 0 spiro atoms. The number of hydrogen-bond acceptors (Lipinski definition) is 4. The van der Waals surface area contributed by atoms with Crippen LogP contribution in [0.25, 0.3) is 0 Å². The van der Waals surface area contributed by atoms with E-state index in [1.54, 1.807) is 0 Å². The van der Waals surface area contributed by atoms with E-state index in [0.29, 0.717) is 0 Å². The van der Waals surface area contributed by atoms with Crippen LogP contribution in [-0.4, -0.2) is 37.3 Å². The second-order valence-electron chi connectivity index (χ2n) is 3.92. The molecule has 0 aromatic carbocycles. The molecule has 0 aliphatic carbocycles. The van der Waals surface area contributed by atoms with Gasteiger partial charge in [0.25, 0.3) is 0 Å². The summed E-state index contributed by atoms with van der Waals surface area (Å²) in [6.07, 6.45) is 3.72. The summed E-state index contributed by atoms with van der Waals surface area (Å²) in [6, 6.07) is 0. The Morgan fingerprint density at radius 3 is 2.00 bits per heavy atom. The molecule has 0 rings (SSSR count). The van der Waals surface area contributed by atoms with E-state index < -0.39 is 30.7 Å². The summed E-state index contributed by atoms with van der Waals surface area (Å²) in [4.78, 5) is 22.8. The van der Waals surface area contributed by atoms with E-state index in [1.165, 1.54) is 6.08 Å². The van der Waals surface area contributed by atoms with E-state index in [9.17, 15) is 9.59 Å². The van der Waals surface area contributed by atoms with Crippen LogP contribution in [0, 0.1) is 0 Å². The van der Waals surface area contributed by atoms with Gasteiger partial charge in [-0.15, -0.1) is 0 Å². The van der Waals surface area contributed by atoms with Crippen LogP contribution in [-0.2, 0) is 17.4 Å². The molecule has 0 N–H and O–H groups in total.